The SMILES string of the molecule is Cc1cc(C)c(OCC(=O)N2CCNC[C@@H]2C)c(C)c1.Cl. The number of aryl methyl sites for hydroxylation is 3. The molecular formula is C16H25ClN2O2. The highest BCUT2D eigenvalue weighted by Gasteiger charge is 2.23. The van der Waals surface area contributed by atoms with Gasteiger partial charge in [0.05, 0.1) is 0 Å². The van der Waals surface area contributed by atoms with E-state index in [0.717, 1.165) is 36.5 Å². The first-order chi connectivity index (χ1) is 9.49. The Morgan fingerprint density at radius 3 is 2.52 bits per heavy atom. The van der Waals surface area contributed by atoms with E-state index in [9.17, 15) is 4.79 Å². The Kier molecular flexibility index (Phi) is 6.49. The molecule has 1 amide bonds. The fourth-order valence-electron chi connectivity index (χ4n) is 2.82. The van der Waals surface area contributed by atoms with Gasteiger partial charge in [0.25, 0.3) is 5.91 Å². The summed E-state index contributed by atoms with van der Waals surface area (Å²) in [6.07, 6.45) is 0. The first kappa shape index (κ1) is 17.8. The van der Waals surface area contributed by atoms with Gasteiger partial charge >= 0.3 is 0 Å². The lowest BCUT2D eigenvalue weighted by molar-refractivity contribution is -0.136. The first-order valence-electron chi connectivity index (χ1n) is 7.20. The molecule has 0 aromatic heterocycles. The van der Waals surface area contributed by atoms with Gasteiger partial charge in [-0.1, -0.05) is 17.7 Å². The minimum Gasteiger partial charge on any atom is -0.483 e. The van der Waals surface area contributed by atoms with E-state index in [0.29, 0.717) is 0 Å². The summed E-state index contributed by atoms with van der Waals surface area (Å²) in [5.41, 5.74) is 3.39. The molecule has 21 heavy (non-hydrogen) atoms. The zero-order chi connectivity index (χ0) is 14.7. The van der Waals surface area contributed by atoms with E-state index in [4.69, 9.17) is 4.74 Å². The number of halogens is 1. The van der Waals surface area contributed by atoms with Gasteiger partial charge in [0, 0.05) is 25.7 Å². The number of ether oxygens (including phenoxy) is 1. The maximum Gasteiger partial charge on any atom is 0.260 e. The van der Waals surface area contributed by atoms with Gasteiger partial charge in [-0.25, -0.2) is 0 Å². The third-order valence-electron chi connectivity index (χ3n) is 3.77. The number of hydrogen-bond acceptors (Lipinski definition) is 3. The lowest BCUT2D eigenvalue weighted by atomic mass is 10.1. The van der Waals surface area contributed by atoms with Gasteiger partial charge < -0.3 is 15.0 Å². The second kappa shape index (κ2) is 7.66. The van der Waals surface area contributed by atoms with Crippen molar-refractivity contribution in [2.24, 2.45) is 0 Å². The summed E-state index contributed by atoms with van der Waals surface area (Å²) in [7, 11) is 0. The average molecular weight is 313 g/mol. The van der Waals surface area contributed by atoms with Crippen LogP contribution in [-0.2, 0) is 4.79 Å². The van der Waals surface area contributed by atoms with Crippen LogP contribution in [0.4, 0.5) is 0 Å². The molecule has 1 fully saturated rings. The lowest BCUT2D eigenvalue weighted by Gasteiger charge is -2.34. The molecule has 1 aromatic rings. The van der Waals surface area contributed by atoms with Crippen LogP contribution in [-0.4, -0.2) is 43.1 Å². The molecule has 1 saturated heterocycles. The summed E-state index contributed by atoms with van der Waals surface area (Å²) in [4.78, 5) is 14.1. The van der Waals surface area contributed by atoms with E-state index in [1.807, 2.05) is 18.7 Å². The third-order valence-corrected chi connectivity index (χ3v) is 3.77. The van der Waals surface area contributed by atoms with Crippen LogP contribution in [0.15, 0.2) is 12.1 Å². The highest BCUT2D eigenvalue weighted by Crippen LogP contribution is 2.24. The van der Waals surface area contributed by atoms with E-state index in [1.165, 1.54) is 5.56 Å². The highest BCUT2D eigenvalue weighted by atomic mass is 35.5. The van der Waals surface area contributed by atoms with Crippen molar-refractivity contribution in [1.29, 1.82) is 0 Å². The van der Waals surface area contributed by atoms with Crippen LogP contribution in [0.3, 0.4) is 0 Å². The van der Waals surface area contributed by atoms with Crippen LogP contribution in [0.5, 0.6) is 5.75 Å². The Bertz CT molecular complexity index is 482. The first-order valence-corrected chi connectivity index (χ1v) is 7.20. The number of benzene rings is 1. The van der Waals surface area contributed by atoms with Crippen molar-refractivity contribution < 1.29 is 9.53 Å². The van der Waals surface area contributed by atoms with E-state index in [-0.39, 0.29) is 31.0 Å². The van der Waals surface area contributed by atoms with Crippen molar-refractivity contribution in [3.63, 3.8) is 0 Å². The summed E-state index contributed by atoms with van der Waals surface area (Å²) >= 11 is 0. The van der Waals surface area contributed by atoms with Crippen LogP contribution < -0.4 is 10.1 Å². The molecule has 1 aliphatic rings. The van der Waals surface area contributed by atoms with Crippen LogP contribution in [0.25, 0.3) is 0 Å². The van der Waals surface area contributed by atoms with Gasteiger partial charge in [-0.05, 0) is 38.8 Å². The van der Waals surface area contributed by atoms with Gasteiger partial charge in [0.15, 0.2) is 6.61 Å². The van der Waals surface area contributed by atoms with Crippen molar-refractivity contribution in [2.75, 3.05) is 26.2 Å². The van der Waals surface area contributed by atoms with E-state index >= 15 is 0 Å². The topological polar surface area (TPSA) is 41.6 Å². The molecule has 1 heterocycles. The summed E-state index contributed by atoms with van der Waals surface area (Å²) in [5, 5.41) is 3.28. The number of nitrogens with zero attached hydrogens (tertiary/aromatic N) is 1. The van der Waals surface area contributed by atoms with E-state index in [2.05, 4.69) is 31.3 Å². The summed E-state index contributed by atoms with van der Waals surface area (Å²) in [6.45, 7) is 10.8. The van der Waals surface area contributed by atoms with Crippen LogP contribution >= 0.6 is 12.4 Å². The van der Waals surface area contributed by atoms with Crippen molar-refractivity contribution in [3.05, 3.63) is 28.8 Å². The minimum absolute atomic E-state index is 0. The largest absolute Gasteiger partial charge is 0.483 e. The number of hydrogen-bond donors (Lipinski definition) is 1. The van der Waals surface area contributed by atoms with Crippen molar-refractivity contribution >= 4 is 18.3 Å². The van der Waals surface area contributed by atoms with Crippen LogP contribution in [0, 0.1) is 20.8 Å². The third kappa shape index (κ3) is 4.35. The van der Waals surface area contributed by atoms with Crippen LogP contribution in [0.1, 0.15) is 23.6 Å². The van der Waals surface area contributed by atoms with Gasteiger partial charge in [-0.15, -0.1) is 12.4 Å². The van der Waals surface area contributed by atoms with Gasteiger partial charge in [-0.2, -0.15) is 0 Å². The number of rotatable bonds is 3. The maximum atomic E-state index is 12.2. The van der Waals surface area contributed by atoms with Gasteiger partial charge in [-0.3, -0.25) is 4.79 Å². The molecule has 0 saturated carbocycles. The molecule has 4 nitrogen and oxygen atoms in total. The molecule has 118 valence electrons. The van der Waals surface area contributed by atoms with E-state index < -0.39 is 0 Å². The van der Waals surface area contributed by atoms with Crippen molar-refractivity contribution in [2.45, 2.75) is 33.7 Å². The molecule has 2 rings (SSSR count). The number of amides is 1. The second-order valence-electron chi connectivity index (χ2n) is 5.66. The zero-order valence-electron chi connectivity index (χ0n) is 13.2. The van der Waals surface area contributed by atoms with Gasteiger partial charge in [0.2, 0.25) is 0 Å². The predicted octanol–water partition coefficient (Wildman–Crippen LogP) is 2.23. The van der Waals surface area contributed by atoms with Crippen LogP contribution in [0.2, 0.25) is 0 Å². The number of nitrogens with one attached hydrogen (secondary N) is 1. The normalized spacial score (nSPS) is 18.1. The van der Waals surface area contributed by atoms with Crippen molar-refractivity contribution in [3.8, 4) is 5.75 Å². The molecule has 1 N–H and O–H groups in total. The van der Waals surface area contributed by atoms with Gasteiger partial charge in [0.1, 0.15) is 5.75 Å². The number of piperazine rings is 1. The molecule has 0 unspecified atom stereocenters. The molecular weight excluding hydrogens is 288 g/mol. The molecule has 0 radical (unpaired) electrons. The quantitative estimate of drug-likeness (QED) is 0.930. The zero-order valence-corrected chi connectivity index (χ0v) is 14.0. The standard InChI is InChI=1S/C16H24N2O2.ClH/c1-11-7-12(2)16(13(3)8-11)20-10-15(19)18-6-5-17-9-14(18)4;/h7-8,14,17H,5-6,9-10H2,1-4H3;1H/t14-;/m0./s1. The number of carbonyl (C=O) groups is 1. The molecule has 0 bridgehead atoms. The molecule has 1 aliphatic heterocycles. The highest BCUT2D eigenvalue weighted by molar-refractivity contribution is 5.85. The maximum absolute atomic E-state index is 12.2. The molecule has 1 atom stereocenters. The smallest absolute Gasteiger partial charge is 0.260 e. The Morgan fingerprint density at radius 1 is 1.33 bits per heavy atom. The molecule has 1 aromatic carbocycles. The predicted molar refractivity (Wildman–Crippen MR) is 87.4 cm³/mol. The minimum atomic E-state index is 0. The molecule has 0 spiro atoms. The van der Waals surface area contributed by atoms with E-state index in [1.54, 1.807) is 0 Å². The summed E-state index contributed by atoms with van der Waals surface area (Å²) in [5.74, 6) is 0.908. The lowest BCUT2D eigenvalue weighted by Crippen LogP contribution is -2.53. The fourth-order valence-corrected chi connectivity index (χ4v) is 2.82. The molecule has 0 aliphatic carbocycles. The fraction of sp³-hybridized carbons (Fsp3) is 0.562. The monoisotopic (exact) mass is 312 g/mol. The number of carbonyl (C=O) groups excluding carboxylic acids is 1. The Hall–Kier alpha value is -1.26. The Balaban J connectivity index is 0.00000220. The Morgan fingerprint density at radius 2 is 1.95 bits per heavy atom. The molecule has 5 heteroatoms. The second-order valence-corrected chi connectivity index (χ2v) is 5.66. The summed E-state index contributed by atoms with van der Waals surface area (Å²) < 4.78 is 5.77. The summed E-state index contributed by atoms with van der Waals surface area (Å²) in [6, 6.07) is 4.40. The Labute approximate surface area is 133 Å². The van der Waals surface area contributed by atoms with Crippen molar-refractivity contribution in [1.82, 2.24) is 10.2 Å². The average Bonchev–Trinajstić information content (AvgIpc) is 2.37.